The van der Waals surface area contributed by atoms with Gasteiger partial charge in [0.25, 0.3) is 0 Å². The Kier molecular flexibility index (Phi) is 9.62. The van der Waals surface area contributed by atoms with Crippen LogP contribution in [0, 0.1) is 11.3 Å². The van der Waals surface area contributed by atoms with E-state index in [0.29, 0.717) is 17.9 Å². The van der Waals surface area contributed by atoms with Crippen LogP contribution in [0.1, 0.15) is 31.4 Å². The Bertz CT molecular complexity index is 1140. The number of aliphatic carboxylic acids is 2. The maximum atomic E-state index is 10.3. The second-order valence-corrected chi connectivity index (χ2v) is 8.34. The number of nitrogens with one attached hydrogen (secondary N) is 2. The van der Waals surface area contributed by atoms with Gasteiger partial charge in [-0.25, -0.2) is 0 Å². The summed E-state index contributed by atoms with van der Waals surface area (Å²) in [5, 5.41) is 39.4. The van der Waals surface area contributed by atoms with Gasteiger partial charge in [-0.15, -0.1) is 0 Å². The molecule has 0 saturated carbocycles. The monoisotopic (exact) mass is 467 g/mol. The zero-order valence-corrected chi connectivity index (χ0v) is 19.1. The predicted octanol–water partition coefficient (Wildman–Crippen LogP) is 2.94. The van der Waals surface area contributed by atoms with Crippen molar-refractivity contribution in [3.63, 3.8) is 0 Å². The number of hydrogen-bond donors (Lipinski definition) is 5. The number of nitriles is 1. The highest BCUT2D eigenvalue weighted by molar-refractivity contribution is 5.88. The van der Waals surface area contributed by atoms with Crippen LogP contribution in [0.15, 0.2) is 54.7 Å². The van der Waals surface area contributed by atoms with Crippen LogP contribution in [-0.2, 0) is 16.0 Å². The molecule has 1 unspecified atom stereocenters. The number of ether oxygens (including phenoxy) is 1. The predicted molar refractivity (Wildman–Crippen MR) is 127 cm³/mol. The number of carbonyl (C=O) groups is 2. The number of aromatic amines is 1. The Balaban J connectivity index is 0.000000509. The van der Waals surface area contributed by atoms with E-state index in [0.717, 1.165) is 11.9 Å². The van der Waals surface area contributed by atoms with Crippen molar-refractivity contribution in [1.82, 2.24) is 10.3 Å². The Morgan fingerprint density at radius 3 is 2.41 bits per heavy atom. The molecule has 0 saturated heterocycles. The van der Waals surface area contributed by atoms with Gasteiger partial charge in [0, 0.05) is 29.2 Å². The second kappa shape index (κ2) is 12.4. The largest absolute Gasteiger partial charge is 0.489 e. The van der Waals surface area contributed by atoms with E-state index in [4.69, 9.17) is 20.2 Å². The molecule has 0 spiro atoms. The Morgan fingerprint density at radius 2 is 1.76 bits per heavy atom. The molecule has 0 bridgehead atoms. The molecule has 0 aliphatic carbocycles. The first-order valence-corrected chi connectivity index (χ1v) is 10.6. The van der Waals surface area contributed by atoms with E-state index in [9.17, 15) is 14.7 Å². The average molecular weight is 468 g/mol. The summed E-state index contributed by atoms with van der Waals surface area (Å²) in [6.45, 7) is 4.78. The number of carboxylic acids is 2. The van der Waals surface area contributed by atoms with Crippen molar-refractivity contribution in [2.45, 2.75) is 38.3 Å². The molecule has 0 aliphatic heterocycles. The lowest BCUT2D eigenvalue weighted by atomic mass is 9.94. The molecule has 3 aromatic rings. The van der Waals surface area contributed by atoms with Gasteiger partial charge in [-0.3, -0.25) is 9.59 Å². The number of para-hydroxylation sites is 2. The normalized spacial score (nSPS) is 11.7. The van der Waals surface area contributed by atoms with Crippen molar-refractivity contribution in [2.24, 2.45) is 0 Å². The van der Waals surface area contributed by atoms with Gasteiger partial charge in [-0.2, -0.15) is 5.26 Å². The van der Waals surface area contributed by atoms with Gasteiger partial charge >= 0.3 is 11.9 Å². The lowest BCUT2D eigenvalue weighted by Gasteiger charge is -2.28. The molecule has 0 radical (unpaired) electrons. The number of nitrogens with zero attached hydrogens (tertiary/aromatic N) is 1. The van der Waals surface area contributed by atoms with Crippen molar-refractivity contribution in [3.05, 3.63) is 65.9 Å². The molecule has 9 heteroatoms. The molecule has 9 nitrogen and oxygen atoms in total. The van der Waals surface area contributed by atoms with Crippen molar-refractivity contribution >= 4 is 22.8 Å². The highest BCUT2D eigenvalue weighted by Crippen LogP contribution is 2.22. The molecule has 180 valence electrons. The summed E-state index contributed by atoms with van der Waals surface area (Å²) in [7, 11) is 0. The van der Waals surface area contributed by atoms with Gasteiger partial charge in [0.15, 0.2) is 0 Å². The lowest BCUT2D eigenvalue weighted by molar-refractivity contribution is -0.147. The zero-order chi connectivity index (χ0) is 25.1. The molecule has 2 aromatic carbocycles. The van der Waals surface area contributed by atoms with Gasteiger partial charge in [-0.1, -0.05) is 30.3 Å². The maximum Gasteiger partial charge on any atom is 0.314 e. The van der Waals surface area contributed by atoms with Crippen LogP contribution >= 0.6 is 0 Å². The summed E-state index contributed by atoms with van der Waals surface area (Å²) in [5.74, 6) is -2.13. The minimum absolute atomic E-state index is 0.134. The van der Waals surface area contributed by atoms with E-state index in [1.165, 1.54) is 10.9 Å². The number of β-amino-alcohol motifs (C(OH)–C–C–N with tert-alkyl or cyclic N) is 1. The summed E-state index contributed by atoms with van der Waals surface area (Å²) < 4.78 is 5.60. The molecule has 3 rings (SSSR count). The summed E-state index contributed by atoms with van der Waals surface area (Å²) in [4.78, 5) is 22.2. The number of fused-ring (bicyclic) bond motifs is 1. The van der Waals surface area contributed by atoms with E-state index in [2.05, 4.69) is 42.4 Å². The number of benzene rings is 2. The third-order valence-corrected chi connectivity index (χ3v) is 4.86. The third kappa shape index (κ3) is 8.58. The fourth-order valence-corrected chi connectivity index (χ4v) is 3.27. The van der Waals surface area contributed by atoms with E-state index < -0.39 is 24.5 Å². The number of hydrogen-bond acceptors (Lipinski definition) is 6. The molecular formula is C25H29N3O6. The van der Waals surface area contributed by atoms with Crippen LogP contribution in [0.3, 0.4) is 0 Å². The highest BCUT2D eigenvalue weighted by Gasteiger charge is 2.21. The minimum Gasteiger partial charge on any atom is -0.489 e. The van der Waals surface area contributed by atoms with E-state index in [1.54, 1.807) is 18.2 Å². The van der Waals surface area contributed by atoms with E-state index >= 15 is 0 Å². The third-order valence-electron chi connectivity index (χ3n) is 4.86. The Labute approximate surface area is 197 Å². The van der Waals surface area contributed by atoms with Crippen LogP contribution in [-0.4, -0.2) is 57.0 Å². The quantitative estimate of drug-likeness (QED) is 0.285. The SMILES string of the molecule is CC(C)(Cc1c[nH]c2ccccc12)NCC(O)COc1ccccc1C#N.O=C(O)CC(=O)O. The van der Waals surface area contributed by atoms with Crippen molar-refractivity contribution in [3.8, 4) is 11.8 Å². The Morgan fingerprint density at radius 1 is 1.12 bits per heavy atom. The molecule has 1 atom stereocenters. The maximum absolute atomic E-state index is 10.3. The second-order valence-electron chi connectivity index (χ2n) is 8.34. The summed E-state index contributed by atoms with van der Waals surface area (Å²) in [6, 6.07) is 17.4. The number of aliphatic hydroxyl groups is 1. The van der Waals surface area contributed by atoms with Crippen molar-refractivity contribution in [2.75, 3.05) is 13.2 Å². The first-order chi connectivity index (χ1) is 16.1. The number of aromatic nitrogens is 1. The smallest absolute Gasteiger partial charge is 0.314 e. The molecule has 0 aliphatic rings. The number of H-pyrrole nitrogens is 1. The molecule has 0 fully saturated rings. The topological polar surface area (TPSA) is 156 Å². The van der Waals surface area contributed by atoms with E-state index in [-0.39, 0.29) is 12.1 Å². The van der Waals surface area contributed by atoms with Gasteiger partial charge < -0.3 is 30.4 Å². The minimum atomic E-state index is -1.31. The van der Waals surface area contributed by atoms with E-state index in [1.807, 2.05) is 24.4 Å². The molecular weight excluding hydrogens is 438 g/mol. The van der Waals surface area contributed by atoms with Gasteiger partial charge in [-0.05, 0) is 44.0 Å². The zero-order valence-electron chi connectivity index (χ0n) is 19.1. The number of aliphatic hydroxyl groups excluding tert-OH is 1. The number of carboxylic acid groups (broad SMARTS) is 2. The molecule has 34 heavy (non-hydrogen) atoms. The first-order valence-electron chi connectivity index (χ1n) is 10.6. The van der Waals surface area contributed by atoms with Crippen LogP contribution in [0.4, 0.5) is 0 Å². The fraction of sp³-hybridized carbons (Fsp3) is 0.320. The summed E-state index contributed by atoms with van der Waals surface area (Å²) in [6.07, 6.45) is 1.41. The van der Waals surface area contributed by atoms with Crippen LogP contribution in [0.2, 0.25) is 0 Å². The van der Waals surface area contributed by atoms with Gasteiger partial charge in [0.05, 0.1) is 5.56 Å². The summed E-state index contributed by atoms with van der Waals surface area (Å²) in [5.41, 5.74) is 2.67. The summed E-state index contributed by atoms with van der Waals surface area (Å²) >= 11 is 0. The fourth-order valence-electron chi connectivity index (χ4n) is 3.27. The average Bonchev–Trinajstić information content (AvgIpc) is 3.18. The molecule has 5 N–H and O–H groups in total. The lowest BCUT2D eigenvalue weighted by Crippen LogP contribution is -2.46. The van der Waals surface area contributed by atoms with Crippen LogP contribution < -0.4 is 10.1 Å². The van der Waals surface area contributed by atoms with Gasteiger partial charge in [0.1, 0.15) is 31.0 Å². The number of rotatable bonds is 10. The van der Waals surface area contributed by atoms with Gasteiger partial charge in [0.2, 0.25) is 0 Å². The molecule has 1 aromatic heterocycles. The van der Waals surface area contributed by atoms with Crippen LogP contribution in [0.25, 0.3) is 10.9 Å². The molecule has 0 amide bonds. The van der Waals surface area contributed by atoms with Crippen molar-refractivity contribution < 1.29 is 29.6 Å². The Hall–Kier alpha value is -3.87. The first kappa shape index (κ1) is 26.4. The standard InChI is InChI=1S/C22H25N3O2.C3H4O4/c1-22(2,11-17-13-24-20-9-5-4-8-19(17)20)25-14-18(26)15-27-21-10-6-3-7-16(21)12-23;4-2(5)1-3(6)7/h3-10,13,18,24-26H,11,14-15H2,1-2H3;1H2,(H,4,5)(H,6,7). The van der Waals surface area contributed by atoms with Crippen LogP contribution in [0.5, 0.6) is 5.75 Å². The highest BCUT2D eigenvalue weighted by atomic mass is 16.5. The van der Waals surface area contributed by atoms with Crippen molar-refractivity contribution in [1.29, 1.82) is 5.26 Å². The molecule has 1 heterocycles.